The number of nitrogens with one attached hydrogen (secondary N) is 1. The van der Waals surface area contributed by atoms with Gasteiger partial charge in [0, 0.05) is 32.6 Å². The van der Waals surface area contributed by atoms with Gasteiger partial charge >= 0.3 is 0 Å². The molecule has 0 aliphatic carbocycles. The molecule has 32 heavy (non-hydrogen) atoms. The van der Waals surface area contributed by atoms with Gasteiger partial charge in [-0.25, -0.2) is 0 Å². The molecule has 2 heterocycles. The highest BCUT2D eigenvalue weighted by Crippen LogP contribution is 2.24. The van der Waals surface area contributed by atoms with Crippen molar-refractivity contribution in [1.29, 1.82) is 0 Å². The molecular weight excluding hydrogens is 402 g/mol. The van der Waals surface area contributed by atoms with Crippen LogP contribution in [0.5, 0.6) is 0 Å². The van der Waals surface area contributed by atoms with E-state index in [2.05, 4.69) is 36.2 Å². The van der Waals surface area contributed by atoms with Crippen molar-refractivity contribution >= 4 is 17.7 Å². The van der Waals surface area contributed by atoms with Gasteiger partial charge < -0.3 is 15.1 Å². The minimum atomic E-state index is -0.481. The minimum Gasteiger partial charge on any atom is -0.344 e. The van der Waals surface area contributed by atoms with Crippen LogP contribution >= 0.6 is 0 Å². The maximum absolute atomic E-state index is 13.3. The maximum Gasteiger partial charge on any atom is 0.245 e. The molecule has 3 amide bonds. The Morgan fingerprint density at radius 3 is 2.56 bits per heavy atom. The minimum absolute atomic E-state index is 0.0424. The number of rotatable bonds is 6. The molecule has 6 heteroatoms. The molecule has 2 atom stereocenters. The Hall–Kier alpha value is -3.41. The van der Waals surface area contributed by atoms with Crippen molar-refractivity contribution in [2.45, 2.75) is 25.3 Å². The summed E-state index contributed by atoms with van der Waals surface area (Å²) in [6, 6.07) is 17.9. The molecule has 0 spiro atoms. The van der Waals surface area contributed by atoms with Crippen molar-refractivity contribution in [3.63, 3.8) is 0 Å². The Balaban J connectivity index is 1.55. The van der Waals surface area contributed by atoms with E-state index in [4.69, 9.17) is 0 Å². The third-order valence-electron chi connectivity index (χ3n) is 6.21. The van der Waals surface area contributed by atoms with E-state index >= 15 is 0 Å². The lowest BCUT2D eigenvalue weighted by Gasteiger charge is -2.26. The summed E-state index contributed by atoms with van der Waals surface area (Å²) >= 11 is 0. The first-order valence-corrected chi connectivity index (χ1v) is 11.2. The molecule has 2 aliphatic rings. The number of benzene rings is 2. The topological polar surface area (TPSA) is 69.7 Å². The van der Waals surface area contributed by atoms with Crippen LogP contribution in [-0.2, 0) is 20.8 Å². The fourth-order valence-electron chi connectivity index (χ4n) is 4.55. The summed E-state index contributed by atoms with van der Waals surface area (Å²) in [5, 5.41) is 2.76. The van der Waals surface area contributed by atoms with Crippen molar-refractivity contribution in [3.05, 3.63) is 72.8 Å². The van der Waals surface area contributed by atoms with Crippen LogP contribution in [0.2, 0.25) is 0 Å². The Bertz CT molecular complexity index is 1000. The molecule has 0 radical (unpaired) electrons. The third kappa shape index (κ3) is 4.90. The normalized spacial score (nSPS) is 21.2. The standard InChI is InChI=1S/C26H29N3O3/c1-2-13-28-14-15-29(26(32)23-11-12-24(30)27-23)18-22(25(28)31)17-19-7-6-10-21(16-19)20-8-4-3-5-9-20/h2-10,16,22-23H,1,11-15,17-18H2,(H,27,30)/t22-,23+/m0/s1. The molecule has 0 saturated carbocycles. The van der Waals surface area contributed by atoms with Gasteiger partial charge in [-0.15, -0.1) is 6.58 Å². The number of nitrogens with zero attached hydrogens (tertiary/aromatic N) is 2. The second kappa shape index (κ2) is 9.81. The molecule has 2 aromatic carbocycles. The first-order chi connectivity index (χ1) is 15.5. The van der Waals surface area contributed by atoms with Crippen LogP contribution in [0.4, 0.5) is 0 Å². The number of carbonyl (C=O) groups is 3. The van der Waals surface area contributed by atoms with Crippen molar-refractivity contribution in [1.82, 2.24) is 15.1 Å². The molecule has 4 rings (SSSR count). The van der Waals surface area contributed by atoms with Gasteiger partial charge in [0.05, 0.1) is 5.92 Å². The molecule has 6 nitrogen and oxygen atoms in total. The van der Waals surface area contributed by atoms with Crippen LogP contribution < -0.4 is 5.32 Å². The van der Waals surface area contributed by atoms with Crippen LogP contribution in [0.1, 0.15) is 18.4 Å². The molecule has 0 unspecified atom stereocenters. The van der Waals surface area contributed by atoms with Crippen molar-refractivity contribution in [2.75, 3.05) is 26.2 Å². The quantitative estimate of drug-likeness (QED) is 0.715. The van der Waals surface area contributed by atoms with Crippen LogP contribution in [0.3, 0.4) is 0 Å². The SMILES string of the molecule is C=CCN1CCN(C(=O)[C@H]2CCC(=O)N2)C[C@H](Cc2cccc(-c3ccccc3)c2)C1=O. The highest BCUT2D eigenvalue weighted by molar-refractivity contribution is 5.91. The molecular formula is C26H29N3O3. The fraction of sp³-hybridized carbons (Fsp3) is 0.346. The number of carbonyl (C=O) groups excluding carboxylic acids is 3. The van der Waals surface area contributed by atoms with Crippen molar-refractivity contribution < 1.29 is 14.4 Å². The molecule has 166 valence electrons. The number of hydrogen-bond acceptors (Lipinski definition) is 3. The van der Waals surface area contributed by atoms with Crippen LogP contribution in [0.25, 0.3) is 11.1 Å². The van der Waals surface area contributed by atoms with Gasteiger partial charge in [0.1, 0.15) is 6.04 Å². The smallest absolute Gasteiger partial charge is 0.245 e. The van der Waals surface area contributed by atoms with Crippen LogP contribution in [0, 0.1) is 5.92 Å². The molecule has 2 aromatic rings. The summed E-state index contributed by atoms with van der Waals surface area (Å²) in [5.74, 6) is -0.478. The zero-order valence-electron chi connectivity index (χ0n) is 18.2. The lowest BCUT2D eigenvalue weighted by Crippen LogP contribution is -2.46. The molecule has 2 aliphatic heterocycles. The van der Waals surface area contributed by atoms with E-state index in [9.17, 15) is 14.4 Å². The van der Waals surface area contributed by atoms with Gasteiger partial charge in [-0.05, 0) is 29.5 Å². The average Bonchev–Trinajstić information content (AvgIpc) is 3.20. The van der Waals surface area contributed by atoms with E-state index in [1.54, 1.807) is 15.9 Å². The maximum atomic E-state index is 13.3. The van der Waals surface area contributed by atoms with Gasteiger partial charge in [-0.2, -0.15) is 0 Å². The molecule has 2 fully saturated rings. The summed E-state index contributed by atoms with van der Waals surface area (Å²) < 4.78 is 0. The Morgan fingerprint density at radius 1 is 1.06 bits per heavy atom. The summed E-state index contributed by atoms with van der Waals surface area (Å²) in [6.07, 6.45) is 3.16. The highest BCUT2D eigenvalue weighted by Gasteiger charge is 2.36. The van der Waals surface area contributed by atoms with Gasteiger partial charge in [0.2, 0.25) is 17.7 Å². The molecule has 2 saturated heterocycles. The number of hydrogen-bond donors (Lipinski definition) is 1. The van der Waals surface area contributed by atoms with Gasteiger partial charge in [0.15, 0.2) is 0 Å². The lowest BCUT2D eigenvalue weighted by atomic mass is 9.94. The third-order valence-corrected chi connectivity index (χ3v) is 6.21. The Morgan fingerprint density at radius 2 is 1.84 bits per heavy atom. The second-order valence-corrected chi connectivity index (χ2v) is 8.48. The fourth-order valence-corrected chi connectivity index (χ4v) is 4.55. The van der Waals surface area contributed by atoms with Crippen molar-refractivity contribution in [2.24, 2.45) is 5.92 Å². The molecule has 1 N–H and O–H groups in total. The Labute approximate surface area is 188 Å². The average molecular weight is 432 g/mol. The second-order valence-electron chi connectivity index (χ2n) is 8.48. The largest absolute Gasteiger partial charge is 0.344 e. The lowest BCUT2D eigenvalue weighted by molar-refractivity contribution is -0.136. The van der Waals surface area contributed by atoms with Gasteiger partial charge in [-0.3, -0.25) is 14.4 Å². The van der Waals surface area contributed by atoms with E-state index in [1.165, 1.54) is 0 Å². The van der Waals surface area contributed by atoms with E-state index in [1.807, 2.05) is 30.3 Å². The molecule has 0 aromatic heterocycles. The summed E-state index contributed by atoms with van der Waals surface area (Å²) in [6.45, 7) is 5.53. The predicted octanol–water partition coefficient (Wildman–Crippen LogP) is 2.65. The summed E-state index contributed by atoms with van der Waals surface area (Å²) in [7, 11) is 0. The predicted molar refractivity (Wildman–Crippen MR) is 124 cm³/mol. The first-order valence-electron chi connectivity index (χ1n) is 11.2. The van der Waals surface area contributed by atoms with Gasteiger partial charge in [-0.1, -0.05) is 60.7 Å². The van der Waals surface area contributed by atoms with E-state index < -0.39 is 6.04 Å². The summed E-state index contributed by atoms with van der Waals surface area (Å²) in [5.41, 5.74) is 3.30. The monoisotopic (exact) mass is 431 g/mol. The zero-order valence-corrected chi connectivity index (χ0v) is 18.2. The first kappa shape index (κ1) is 21.8. The number of amides is 3. The van der Waals surface area contributed by atoms with E-state index in [-0.39, 0.29) is 23.6 Å². The van der Waals surface area contributed by atoms with Crippen molar-refractivity contribution in [3.8, 4) is 11.1 Å². The van der Waals surface area contributed by atoms with Gasteiger partial charge in [0.25, 0.3) is 0 Å². The van der Waals surface area contributed by atoms with E-state index in [0.717, 1.165) is 16.7 Å². The molecule has 0 bridgehead atoms. The van der Waals surface area contributed by atoms with E-state index in [0.29, 0.717) is 45.4 Å². The Kier molecular flexibility index (Phi) is 6.69. The zero-order chi connectivity index (χ0) is 22.5. The van der Waals surface area contributed by atoms with Crippen LogP contribution in [-0.4, -0.2) is 59.7 Å². The highest BCUT2D eigenvalue weighted by atomic mass is 16.2. The summed E-state index contributed by atoms with van der Waals surface area (Å²) in [4.78, 5) is 41.5. The van der Waals surface area contributed by atoms with Crippen LogP contribution in [0.15, 0.2) is 67.3 Å².